The molecule has 0 aliphatic carbocycles. The summed E-state index contributed by atoms with van der Waals surface area (Å²) >= 11 is 1.53. The molecular weight excluding hydrogens is 290 g/mol. The average Bonchev–Trinajstić information content (AvgIpc) is 2.90. The lowest BCUT2D eigenvalue weighted by Crippen LogP contribution is -2.50. The van der Waals surface area contributed by atoms with E-state index < -0.39 is 12.0 Å². The van der Waals surface area contributed by atoms with Crippen LogP contribution in [-0.4, -0.2) is 44.2 Å². The van der Waals surface area contributed by atoms with E-state index >= 15 is 0 Å². The van der Waals surface area contributed by atoms with Crippen LogP contribution in [-0.2, 0) is 11.3 Å². The predicted molar refractivity (Wildman–Crippen MR) is 80.9 cm³/mol. The summed E-state index contributed by atoms with van der Waals surface area (Å²) in [7, 11) is 0. The highest BCUT2D eigenvalue weighted by atomic mass is 32.2. The molecule has 0 radical (unpaired) electrons. The Hall–Kier alpha value is -1.76. The van der Waals surface area contributed by atoms with E-state index in [-0.39, 0.29) is 11.4 Å². The summed E-state index contributed by atoms with van der Waals surface area (Å²) in [5.41, 5.74) is 0.747. The first-order chi connectivity index (χ1) is 10.1. The number of pyridine rings is 1. The molecule has 6 nitrogen and oxygen atoms in total. The summed E-state index contributed by atoms with van der Waals surface area (Å²) in [5.74, 6) is -0.508. The number of carbonyl (C=O) groups excluding carboxylic acids is 1. The quantitative estimate of drug-likeness (QED) is 0.868. The molecule has 2 N–H and O–H groups in total. The summed E-state index contributed by atoms with van der Waals surface area (Å²) in [6.07, 6.45) is 3.37. The Morgan fingerprint density at radius 2 is 2.33 bits per heavy atom. The Morgan fingerprint density at radius 1 is 1.52 bits per heavy atom. The van der Waals surface area contributed by atoms with Crippen molar-refractivity contribution in [2.45, 2.75) is 37.7 Å². The van der Waals surface area contributed by atoms with Crippen molar-refractivity contribution >= 4 is 23.8 Å². The molecule has 0 aromatic carbocycles. The van der Waals surface area contributed by atoms with Crippen molar-refractivity contribution in [1.29, 1.82) is 0 Å². The molecule has 2 heterocycles. The van der Waals surface area contributed by atoms with Gasteiger partial charge in [0.2, 0.25) is 0 Å². The number of carbonyl (C=O) groups is 2. The maximum Gasteiger partial charge on any atom is 0.327 e. The van der Waals surface area contributed by atoms with Gasteiger partial charge in [0.05, 0.1) is 17.6 Å². The number of rotatable bonds is 5. The van der Waals surface area contributed by atoms with Gasteiger partial charge in [-0.05, 0) is 18.6 Å². The molecule has 1 saturated heterocycles. The number of thioether (sulfide) groups is 1. The Morgan fingerprint density at radius 3 is 2.95 bits per heavy atom. The summed E-state index contributed by atoms with van der Waals surface area (Å²) in [4.78, 5) is 29.2. The van der Waals surface area contributed by atoms with Crippen molar-refractivity contribution in [3.05, 3.63) is 30.1 Å². The second-order valence-electron chi connectivity index (χ2n) is 4.82. The molecule has 7 heteroatoms. The highest BCUT2D eigenvalue weighted by Crippen LogP contribution is 2.32. The molecule has 2 atom stereocenters. The summed E-state index contributed by atoms with van der Waals surface area (Å²) in [5, 5.41) is 11.9. The van der Waals surface area contributed by atoms with Gasteiger partial charge in [0, 0.05) is 11.9 Å². The van der Waals surface area contributed by atoms with Crippen LogP contribution in [0.3, 0.4) is 0 Å². The van der Waals surface area contributed by atoms with Crippen LogP contribution in [0.5, 0.6) is 0 Å². The highest BCUT2D eigenvalue weighted by molar-refractivity contribution is 8.00. The van der Waals surface area contributed by atoms with Crippen LogP contribution in [0.25, 0.3) is 0 Å². The molecule has 0 bridgehead atoms. The van der Waals surface area contributed by atoms with Crippen LogP contribution < -0.4 is 5.32 Å². The molecule has 2 unspecified atom stereocenters. The van der Waals surface area contributed by atoms with Gasteiger partial charge in [-0.15, -0.1) is 11.8 Å². The highest BCUT2D eigenvalue weighted by Gasteiger charge is 2.41. The molecule has 114 valence electrons. The van der Waals surface area contributed by atoms with Gasteiger partial charge in [0.15, 0.2) is 0 Å². The molecule has 1 fully saturated rings. The van der Waals surface area contributed by atoms with Crippen molar-refractivity contribution < 1.29 is 14.7 Å². The second-order valence-corrected chi connectivity index (χ2v) is 6.03. The number of aliphatic carboxylic acids is 1. The van der Waals surface area contributed by atoms with Gasteiger partial charge in [-0.3, -0.25) is 9.88 Å². The molecule has 1 aliphatic heterocycles. The maximum absolute atomic E-state index is 12.3. The van der Waals surface area contributed by atoms with E-state index in [1.165, 1.54) is 16.7 Å². The number of nitrogens with one attached hydrogen (secondary N) is 1. The lowest BCUT2D eigenvalue weighted by Gasteiger charge is -2.27. The van der Waals surface area contributed by atoms with Gasteiger partial charge < -0.3 is 10.4 Å². The molecule has 1 aromatic rings. The van der Waals surface area contributed by atoms with E-state index in [1.807, 2.05) is 19.1 Å². The van der Waals surface area contributed by atoms with E-state index in [1.54, 1.807) is 12.3 Å². The molecular formula is C14H19N3O3S. The monoisotopic (exact) mass is 309 g/mol. The van der Waals surface area contributed by atoms with Gasteiger partial charge in [0.25, 0.3) is 0 Å². The number of amides is 2. The predicted octanol–water partition coefficient (Wildman–Crippen LogP) is 1.92. The zero-order valence-electron chi connectivity index (χ0n) is 11.9. The first kappa shape index (κ1) is 15.6. The van der Waals surface area contributed by atoms with E-state index in [0.717, 1.165) is 18.5 Å². The fraction of sp³-hybridized carbons (Fsp3) is 0.500. The normalized spacial score (nSPS) is 21.3. The molecule has 0 spiro atoms. The maximum atomic E-state index is 12.3. The van der Waals surface area contributed by atoms with Crippen LogP contribution >= 0.6 is 11.8 Å². The third kappa shape index (κ3) is 3.87. The van der Waals surface area contributed by atoms with Gasteiger partial charge in [-0.2, -0.15) is 0 Å². The number of nitrogens with zero attached hydrogens (tertiary/aromatic N) is 2. The molecule has 2 amide bonds. The number of carboxylic acid groups (broad SMARTS) is 1. The first-order valence-electron chi connectivity index (χ1n) is 6.94. The second kappa shape index (κ2) is 7.31. The summed E-state index contributed by atoms with van der Waals surface area (Å²) in [6.45, 7) is 2.32. The fourth-order valence-corrected chi connectivity index (χ4v) is 3.77. The van der Waals surface area contributed by atoms with Crippen molar-refractivity contribution in [1.82, 2.24) is 15.2 Å². The Kier molecular flexibility index (Phi) is 5.44. The van der Waals surface area contributed by atoms with Crippen LogP contribution in [0.1, 0.15) is 25.5 Å². The van der Waals surface area contributed by atoms with E-state index in [9.17, 15) is 14.7 Å². The zero-order chi connectivity index (χ0) is 15.2. The van der Waals surface area contributed by atoms with Gasteiger partial charge >= 0.3 is 12.0 Å². The molecule has 2 rings (SSSR count). The topological polar surface area (TPSA) is 82.5 Å². The summed E-state index contributed by atoms with van der Waals surface area (Å²) in [6, 6.07) is 4.38. The van der Waals surface area contributed by atoms with E-state index in [4.69, 9.17) is 0 Å². The third-order valence-corrected chi connectivity index (χ3v) is 4.65. The molecule has 1 aromatic heterocycles. The molecule has 21 heavy (non-hydrogen) atoms. The van der Waals surface area contributed by atoms with E-state index in [2.05, 4.69) is 10.3 Å². The zero-order valence-corrected chi connectivity index (χ0v) is 12.7. The standard InChI is InChI=1S/C14H19N3O3S/c1-2-5-12-17(11(9-21-12)13(18)19)14(20)16-8-10-6-3-4-7-15-10/h3-4,6-7,11-12H,2,5,8-9H2,1H3,(H,16,20)(H,18,19). The van der Waals surface area contributed by atoms with Crippen molar-refractivity contribution in [3.8, 4) is 0 Å². The minimum absolute atomic E-state index is 0.0696. The minimum atomic E-state index is -0.950. The van der Waals surface area contributed by atoms with Crippen molar-refractivity contribution in [3.63, 3.8) is 0 Å². The first-order valence-corrected chi connectivity index (χ1v) is 7.98. The lowest BCUT2D eigenvalue weighted by molar-refractivity contribution is -0.141. The van der Waals surface area contributed by atoms with Crippen LogP contribution in [0.2, 0.25) is 0 Å². The van der Waals surface area contributed by atoms with Crippen LogP contribution in [0, 0.1) is 0 Å². The Labute approximate surface area is 127 Å². The van der Waals surface area contributed by atoms with Crippen LogP contribution in [0.15, 0.2) is 24.4 Å². The van der Waals surface area contributed by atoms with Gasteiger partial charge in [0.1, 0.15) is 6.04 Å². The lowest BCUT2D eigenvalue weighted by atomic mass is 10.2. The van der Waals surface area contributed by atoms with Gasteiger partial charge in [-0.25, -0.2) is 9.59 Å². The third-order valence-electron chi connectivity index (χ3n) is 3.29. The Bertz CT molecular complexity index is 497. The SMILES string of the molecule is CCCC1SCC(C(=O)O)N1C(=O)NCc1ccccn1. The number of hydrogen-bond acceptors (Lipinski definition) is 4. The summed E-state index contributed by atoms with van der Waals surface area (Å²) < 4.78 is 0. The Balaban J connectivity index is 2.01. The van der Waals surface area contributed by atoms with Crippen molar-refractivity contribution in [2.24, 2.45) is 0 Å². The van der Waals surface area contributed by atoms with Crippen LogP contribution in [0.4, 0.5) is 4.79 Å². The average molecular weight is 309 g/mol. The number of hydrogen-bond donors (Lipinski definition) is 2. The smallest absolute Gasteiger partial charge is 0.327 e. The number of urea groups is 1. The largest absolute Gasteiger partial charge is 0.480 e. The van der Waals surface area contributed by atoms with E-state index in [0.29, 0.717) is 12.3 Å². The molecule has 1 aliphatic rings. The number of carboxylic acids is 1. The number of aromatic nitrogens is 1. The minimum Gasteiger partial charge on any atom is -0.480 e. The van der Waals surface area contributed by atoms with Gasteiger partial charge in [-0.1, -0.05) is 19.4 Å². The van der Waals surface area contributed by atoms with Crippen molar-refractivity contribution in [2.75, 3.05) is 5.75 Å². The molecule has 0 saturated carbocycles. The fourth-order valence-electron chi connectivity index (χ4n) is 2.26.